The molecule has 0 aliphatic carbocycles. The van der Waals surface area contributed by atoms with Gasteiger partial charge in [0.25, 0.3) is 0 Å². The summed E-state index contributed by atoms with van der Waals surface area (Å²) in [6.45, 7) is 0. The second-order valence-corrected chi connectivity index (χ2v) is 5.27. The van der Waals surface area contributed by atoms with Crippen molar-refractivity contribution < 1.29 is 31.1 Å². The van der Waals surface area contributed by atoms with Gasteiger partial charge in [0.05, 0.1) is 15.6 Å². The Labute approximate surface area is 139 Å². The molecular formula is C12H5Cl2F6N3O. The molecule has 1 aromatic heterocycles. The zero-order chi connectivity index (χ0) is 18.4. The molecule has 0 amide bonds. The van der Waals surface area contributed by atoms with Crippen molar-refractivity contribution in [2.45, 2.75) is 12.4 Å². The normalized spacial score (nSPS) is 12.5. The fourth-order valence-corrected chi connectivity index (χ4v) is 2.57. The Morgan fingerprint density at radius 1 is 1.04 bits per heavy atom. The number of nitrogens with two attached hydrogens (primary N) is 1. The minimum atomic E-state index is -5.01. The van der Waals surface area contributed by atoms with E-state index in [0.717, 1.165) is 0 Å². The number of anilines is 1. The van der Waals surface area contributed by atoms with Crippen LogP contribution >= 0.6 is 23.2 Å². The van der Waals surface area contributed by atoms with Crippen LogP contribution in [0.3, 0.4) is 0 Å². The van der Waals surface area contributed by atoms with Gasteiger partial charge in [0.15, 0.2) is 6.29 Å². The average Bonchev–Trinajstić information content (AvgIpc) is 2.74. The lowest BCUT2D eigenvalue weighted by molar-refractivity contribution is -0.138. The van der Waals surface area contributed by atoms with Gasteiger partial charge >= 0.3 is 12.4 Å². The highest BCUT2D eigenvalue weighted by Crippen LogP contribution is 2.41. The van der Waals surface area contributed by atoms with Crippen LogP contribution in [0, 0.1) is 0 Å². The number of carbonyl (C=O) groups excluding carboxylic acids is 1. The molecule has 2 N–H and O–H groups in total. The molecule has 24 heavy (non-hydrogen) atoms. The highest BCUT2D eigenvalue weighted by atomic mass is 35.5. The van der Waals surface area contributed by atoms with Crippen LogP contribution in [0.25, 0.3) is 5.69 Å². The van der Waals surface area contributed by atoms with E-state index in [4.69, 9.17) is 28.9 Å². The first kappa shape index (κ1) is 18.4. The lowest BCUT2D eigenvalue weighted by atomic mass is 10.2. The maximum absolute atomic E-state index is 12.9. The van der Waals surface area contributed by atoms with Gasteiger partial charge in [-0.05, 0) is 12.1 Å². The van der Waals surface area contributed by atoms with E-state index < -0.39 is 50.7 Å². The molecule has 0 spiro atoms. The maximum atomic E-state index is 12.9. The van der Waals surface area contributed by atoms with Gasteiger partial charge in [-0.3, -0.25) is 4.79 Å². The molecule has 12 heteroatoms. The van der Waals surface area contributed by atoms with E-state index in [9.17, 15) is 31.1 Å². The predicted molar refractivity (Wildman–Crippen MR) is 73.4 cm³/mol. The molecule has 0 bridgehead atoms. The number of nitrogen functional groups attached to an aromatic ring is 1. The van der Waals surface area contributed by atoms with Crippen LogP contribution in [0.2, 0.25) is 10.0 Å². The first-order valence-corrected chi connectivity index (χ1v) is 6.61. The number of rotatable bonds is 2. The van der Waals surface area contributed by atoms with Gasteiger partial charge < -0.3 is 5.73 Å². The third-order valence-corrected chi connectivity index (χ3v) is 3.48. The summed E-state index contributed by atoms with van der Waals surface area (Å²) in [6, 6.07) is 0.912. The average molecular weight is 392 g/mol. The number of hydrogen-bond donors (Lipinski definition) is 1. The van der Waals surface area contributed by atoms with Crippen molar-refractivity contribution in [3.63, 3.8) is 0 Å². The molecule has 0 aliphatic heterocycles. The van der Waals surface area contributed by atoms with Crippen LogP contribution in [-0.2, 0) is 12.4 Å². The SMILES string of the molecule is Nc1c(C(F)(F)F)c(C=O)nn1-c1c(Cl)cc(C(F)(F)F)cc1Cl. The Kier molecular flexibility index (Phi) is 4.49. The zero-order valence-corrected chi connectivity index (χ0v) is 12.6. The first-order chi connectivity index (χ1) is 10.9. The van der Waals surface area contributed by atoms with Crippen molar-refractivity contribution in [3.05, 3.63) is 39.0 Å². The van der Waals surface area contributed by atoms with Crippen LogP contribution in [-0.4, -0.2) is 16.1 Å². The van der Waals surface area contributed by atoms with Crippen LogP contribution in [0.4, 0.5) is 32.2 Å². The number of benzene rings is 1. The van der Waals surface area contributed by atoms with Crippen LogP contribution in [0.15, 0.2) is 12.1 Å². The van der Waals surface area contributed by atoms with Crippen molar-refractivity contribution in [3.8, 4) is 5.69 Å². The number of carbonyl (C=O) groups is 1. The van der Waals surface area contributed by atoms with Crippen molar-refractivity contribution in [1.82, 2.24) is 9.78 Å². The predicted octanol–water partition coefficient (Wildman–Crippen LogP) is 4.61. The quantitative estimate of drug-likeness (QED) is 0.600. The van der Waals surface area contributed by atoms with Crippen molar-refractivity contribution >= 4 is 35.3 Å². The topological polar surface area (TPSA) is 60.9 Å². The second kappa shape index (κ2) is 5.85. The van der Waals surface area contributed by atoms with Gasteiger partial charge in [-0.2, -0.15) is 31.4 Å². The smallest absolute Gasteiger partial charge is 0.383 e. The van der Waals surface area contributed by atoms with E-state index in [1.807, 2.05) is 0 Å². The van der Waals surface area contributed by atoms with E-state index in [0.29, 0.717) is 16.8 Å². The minimum Gasteiger partial charge on any atom is -0.383 e. The van der Waals surface area contributed by atoms with E-state index in [1.54, 1.807) is 0 Å². The molecule has 0 radical (unpaired) electrons. The number of hydrogen-bond acceptors (Lipinski definition) is 3. The van der Waals surface area contributed by atoms with E-state index >= 15 is 0 Å². The van der Waals surface area contributed by atoms with Crippen molar-refractivity contribution in [1.29, 1.82) is 0 Å². The standard InChI is InChI=1S/C12H5Cl2F6N3O/c13-5-1-4(11(15,16)17)2-6(14)9(5)23-10(21)8(12(18,19)20)7(3-24)22-23/h1-3H,21H2. The van der Waals surface area contributed by atoms with Crippen LogP contribution in [0.5, 0.6) is 0 Å². The van der Waals surface area contributed by atoms with Gasteiger partial charge in [0.1, 0.15) is 22.8 Å². The molecule has 0 atom stereocenters. The molecule has 0 saturated carbocycles. The monoisotopic (exact) mass is 391 g/mol. The van der Waals surface area contributed by atoms with Gasteiger partial charge in [-0.15, -0.1) is 0 Å². The molecule has 1 aromatic carbocycles. The Bertz CT molecular complexity index is 789. The highest BCUT2D eigenvalue weighted by molar-refractivity contribution is 6.38. The fraction of sp³-hybridized carbons (Fsp3) is 0.167. The third-order valence-electron chi connectivity index (χ3n) is 2.90. The summed E-state index contributed by atoms with van der Waals surface area (Å²) < 4.78 is 77.2. The van der Waals surface area contributed by atoms with Gasteiger partial charge in [0.2, 0.25) is 0 Å². The van der Waals surface area contributed by atoms with Gasteiger partial charge in [-0.1, -0.05) is 23.2 Å². The second-order valence-electron chi connectivity index (χ2n) is 4.46. The molecule has 0 unspecified atom stereocenters. The minimum absolute atomic E-state index is 0.193. The molecule has 2 aromatic rings. The fourth-order valence-electron chi connectivity index (χ4n) is 1.92. The molecule has 0 aliphatic rings. The molecular weight excluding hydrogens is 387 g/mol. The Morgan fingerprint density at radius 2 is 1.54 bits per heavy atom. The van der Waals surface area contributed by atoms with Crippen LogP contribution in [0.1, 0.15) is 21.6 Å². The van der Waals surface area contributed by atoms with Crippen molar-refractivity contribution in [2.24, 2.45) is 0 Å². The Morgan fingerprint density at radius 3 is 1.88 bits per heavy atom. The molecule has 4 nitrogen and oxygen atoms in total. The van der Waals surface area contributed by atoms with Crippen LogP contribution < -0.4 is 5.73 Å². The highest BCUT2D eigenvalue weighted by Gasteiger charge is 2.40. The molecule has 130 valence electrons. The maximum Gasteiger partial charge on any atom is 0.422 e. The lowest BCUT2D eigenvalue weighted by Gasteiger charge is -2.13. The summed E-state index contributed by atoms with van der Waals surface area (Å²) in [4.78, 5) is 10.8. The zero-order valence-electron chi connectivity index (χ0n) is 11.1. The summed E-state index contributed by atoms with van der Waals surface area (Å²) in [7, 11) is 0. The number of nitrogens with zero attached hydrogens (tertiary/aromatic N) is 2. The van der Waals surface area contributed by atoms with Gasteiger partial charge in [-0.25, -0.2) is 4.68 Å². The summed E-state index contributed by atoms with van der Waals surface area (Å²) in [5.41, 5.74) is 1.03. The summed E-state index contributed by atoms with van der Waals surface area (Å²) >= 11 is 11.4. The van der Waals surface area contributed by atoms with E-state index in [2.05, 4.69) is 5.10 Å². The number of halogens is 8. The lowest BCUT2D eigenvalue weighted by Crippen LogP contribution is -2.12. The molecule has 2 rings (SSSR count). The summed E-state index contributed by atoms with van der Waals surface area (Å²) in [5, 5.41) is 2.05. The van der Waals surface area contributed by atoms with Gasteiger partial charge in [0, 0.05) is 0 Å². The van der Waals surface area contributed by atoms with Crippen molar-refractivity contribution in [2.75, 3.05) is 5.73 Å². The third kappa shape index (κ3) is 3.16. The number of aldehydes is 1. The van der Waals surface area contributed by atoms with E-state index in [-0.39, 0.29) is 6.29 Å². The Hall–Kier alpha value is -1.94. The largest absolute Gasteiger partial charge is 0.422 e. The molecule has 1 heterocycles. The van der Waals surface area contributed by atoms with E-state index in [1.165, 1.54) is 0 Å². The Balaban J connectivity index is 2.75. The number of aromatic nitrogens is 2. The summed E-state index contributed by atoms with van der Waals surface area (Å²) in [5.74, 6) is -1.03. The summed E-state index contributed by atoms with van der Waals surface area (Å²) in [6.07, 6.45) is -9.97. The first-order valence-electron chi connectivity index (χ1n) is 5.85. The molecule has 0 fully saturated rings. The molecule has 0 saturated heterocycles. The number of alkyl halides is 6.